The Hall–Kier alpha value is -1.54. The van der Waals surface area contributed by atoms with Crippen molar-refractivity contribution in [1.29, 1.82) is 0 Å². The average Bonchev–Trinajstić information content (AvgIpc) is 3.00. The summed E-state index contributed by atoms with van der Waals surface area (Å²) >= 11 is 0. The number of ketones is 1. The van der Waals surface area contributed by atoms with Gasteiger partial charge < -0.3 is 25.2 Å². The molecule has 4 aliphatic rings. The zero-order valence-corrected chi connectivity index (χ0v) is 21.9. The number of carbonyl (C=O) groups excluding carboxylic acids is 2. The Balaban J connectivity index is 1.85. The zero-order valence-electron chi connectivity index (χ0n) is 21.9. The van der Waals surface area contributed by atoms with Crippen LogP contribution in [0.3, 0.4) is 0 Å². The maximum Gasteiger partial charge on any atom is 0.330 e. The van der Waals surface area contributed by atoms with Gasteiger partial charge in [0.05, 0.1) is 11.5 Å². The summed E-state index contributed by atoms with van der Waals surface area (Å²) in [7, 11) is 0. The predicted octanol–water partition coefficient (Wildman–Crippen LogP) is 2.98. The number of Topliss-reactive ketones (excluding diaryl/α,β-unsaturated/α-hetero) is 1. The lowest BCUT2D eigenvalue weighted by Crippen LogP contribution is -2.78. The van der Waals surface area contributed by atoms with Gasteiger partial charge in [0.2, 0.25) is 0 Å². The first-order valence-corrected chi connectivity index (χ1v) is 13.0. The van der Waals surface area contributed by atoms with Crippen molar-refractivity contribution in [1.82, 2.24) is 0 Å². The van der Waals surface area contributed by atoms with Crippen LogP contribution in [-0.4, -0.2) is 61.2 Å². The number of carbonyl (C=O) groups is 2. The second kappa shape index (κ2) is 8.23. The summed E-state index contributed by atoms with van der Waals surface area (Å²) < 4.78 is 6.01. The van der Waals surface area contributed by atoms with Crippen LogP contribution in [0, 0.1) is 22.7 Å². The van der Waals surface area contributed by atoms with Crippen LogP contribution in [0.25, 0.3) is 0 Å². The first kappa shape index (κ1) is 26.5. The van der Waals surface area contributed by atoms with Gasteiger partial charge >= 0.3 is 5.97 Å². The van der Waals surface area contributed by atoms with Gasteiger partial charge in [0.25, 0.3) is 0 Å². The summed E-state index contributed by atoms with van der Waals surface area (Å²) in [5, 5.41) is 46.7. The molecule has 7 heteroatoms. The van der Waals surface area contributed by atoms with Crippen molar-refractivity contribution < 1.29 is 34.8 Å². The summed E-state index contributed by atoms with van der Waals surface area (Å²) in [6.45, 7) is 10.7. The van der Waals surface area contributed by atoms with Crippen molar-refractivity contribution in [3.05, 3.63) is 23.3 Å². The quantitative estimate of drug-likeness (QED) is 0.271. The van der Waals surface area contributed by atoms with Gasteiger partial charge in [0.15, 0.2) is 5.78 Å². The predicted molar refractivity (Wildman–Crippen MR) is 130 cm³/mol. The molecular formula is C28H42O7. The minimum absolute atomic E-state index is 0.0172. The summed E-state index contributed by atoms with van der Waals surface area (Å²) in [6, 6.07) is 0. The highest BCUT2D eigenvalue weighted by Crippen LogP contribution is 2.70. The Labute approximate surface area is 208 Å². The van der Waals surface area contributed by atoms with E-state index in [1.807, 2.05) is 26.8 Å². The molecule has 8 atom stereocenters. The number of esters is 1. The maximum atomic E-state index is 13.0. The van der Waals surface area contributed by atoms with E-state index in [2.05, 4.69) is 6.92 Å². The van der Waals surface area contributed by atoms with Crippen molar-refractivity contribution >= 4 is 11.8 Å². The van der Waals surface area contributed by atoms with Crippen LogP contribution < -0.4 is 0 Å². The molecule has 0 aromatic rings. The Kier molecular flexibility index (Phi) is 6.24. The third kappa shape index (κ3) is 3.38. The standard InChI is InChI=1S/C28H42O7/c1-16(2)17(3)13-23(31)35-22-15-21-24(5)9-8-20(30)14-19(24)7-10-27(21,33)28(34)12-11-26(32,18(4)29)25(22,28)6/h7,13,16,20-22,30,32-34H,8-12,14-15H2,1-6H3/b17-13+/t20-,21-,22-,24-,25-,26+,27+,28+/m0/s1. The Morgan fingerprint density at radius 1 is 1.11 bits per heavy atom. The number of fused-ring (bicyclic) bond motifs is 5. The molecule has 35 heavy (non-hydrogen) atoms. The second-order valence-corrected chi connectivity index (χ2v) is 12.4. The topological polar surface area (TPSA) is 124 Å². The lowest BCUT2D eigenvalue weighted by atomic mass is 9.42. The molecule has 4 N–H and O–H groups in total. The van der Waals surface area contributed by atoms with E-state index in [1.54, 1.807) is 6.92 Å². The SMILES string of the molecule is CC(=O)[C@]1(O)CC[C@@]2(O)[C@@]1(C)[C@@H](OC(=O)/C=C(\C)C(C)C)C[C@H]1[C@@]3(C)CC[C@H](O)CC3=CC[C@@]12O. The van der Waals surface area contributed by atoms with Crippen LogP contribution >= 0.6 is 0 Å². The number of hydrogen-bond acceptors (Lipinski definition) is 7. The highest BCUT2D eigenvalue weighted by Gasteiger charge is 2.81. The Morgan fingerprint density at radius 2 is 1.77 bits per heavy atom. The van der Waals surface area contributed by atoms with Crippen LogP contribution in [0.4, 0.5) is 0 Å². The van der Waals surface area contributed by atoms with E-state index < -0.39 is 57.5 Å². The summed E-state index contributed by atoms with van der Waals surface area (Å²) in [5.74, 6) is -1.41. The van der Waals surface area contributed by atoms with Crippen molar-refractivity contribution in [2.24, 2.45) is 22.7 Å². The van der Waals surface area contributed by atoms with Gasteiger partial charge in [-0.15, -0.1) is 0 Å². The molecule has 0 aliphatic heterocycles. The number of rotatable bonds is 4. The molecule has 0 radical (unpaired) electrons. The summed E-state index contributed by atoms with van der Waals surface area (Å²) in [4.78, 5) is 25.9. The molecule has 3 saturated carbocycles. The van der Waals surface area contributed by atoms with Crippen LogP contribution in [0.15, 0.2) is 23.3 Å². The normalized spacial score (nSPS) is 47.5. The minimum atomic E-state index is -1.95. The number of aliphatic hydroxyl groups excluding tert-OH is 1. The highest BCUT2D eigenvalue weighted by atomic mass is 16.5. The second-order valence-electron chi connectivity index (χ2n) is 12.4. The van der Waals surface area contributed by atoms with E-state index in [0.717, 1.165) is 11.1 Å². The Morgan fingerprint density at radius 3 is 2.37 bits per heavy atom. The number of allylic oxidation sites excluding steroid dienone is 1. The fraction of sp³-hybridized carbons (Fsp3) is 0.786. The molecule has 0 aromatic heterocycles. The van der Waals surface area contributed by atoms with Gasteiger partial charge in [-0.2, -0.15) is 0 Å². The van der Waals surface area contributed by atoms with Crippen molar-refractivity contribution in [2.75, 3.05) is 0 Å². The van der Waals surface area contributed by atoms with E-state index in [1.165, 1.54) is 13.0 Å². The van der Waals surface area contributed by atoms with Gasteiger partial charge in [-0.1, -0.05) is 38.0 Å². The maximum absolute atomic E-state index is 13.0. The van der Waals surface area contributed by atoms with E-state index in [9.17, 15) is 30.0 Å². The first-order valence-electron chi connectivity index (χ1n) is 13.0. The van der Waals surface area contributed by atoms with E-state index in [0.29, 0.717) is 19.3 Å². The molecule has 0 aromatic carbocycles. The van der Waals surface area contributed by atoms with Gasteiger partial charge in [0.1, 0.15) is 22.9 Å². The molecule has 0 unspecified atom stereocenters. The number of hydrogen-bond donors (Lipinski definition) is 4. The molecule has 0 spiro atoms. The fourth-order valence-corrected chi connectivity index (χ4v) is 7.90. The first-order chi connectivity index (χ1) is 16.1. The number of ether oxygens (including phenoxy) is 1. The molecule has 3 fully saturated rings. The average molecular weight is 491 g/mol. The fourth-order valence-electron chi connectivity index (χ4n) is 7.90. The summed E-state index contributed by atoms with van der Waals surface area (Å²) in [6.07, 6.45) is 4.01. The van der Waals surface area contributed by atoms with Gasteiger partial charge in [-0.25, -0.2) is 4.79 Å². The highest BCUT2D eigenvalue weighted by molar-refractivity contribution is 5.87. The van der Waals surface area contributed by atoms with E-state index in [4.69, 9.17) is 4.74 Å². The molecule has 0 amide bonds. The van der Waals surface area contributed by atoms with Crippen molar-refractivity contribution in [3.8, 4) is 0 Å². The van der Waals surface area contributed by atoms with E-state index >= 15 is 0 Å². The van der Waals surface area contributed by atoms with E-state index in [-0.39, 0.29) is 31.6 Å². The van der Waals surface area contributed by atoms with Crippen molar-refractivity contribution in [2.45, 2.75) is 115 Å². The minimum Gasteiger partial charge on any atom is -0.458 e. The zero-order chi connectivity index (χ0) is 26.2. The van der Waals surface area contributed by atoms with Crippen LogP contribution in [0.5, 0.6) is 0 Å². The van der Waals surface area contributed by atoms with Crippen LogP contribution in [0.2, 0.25) is 0 Å². The third-order valence-electron chi connectivity index (χ3n) is 10.7. The Bertz CT molecular complexity index is 984. The molecule has 0 bridgehead atoms. The number of aliphatic hydroxyl groups is 4. The molecule has 4 aliphatic carbocycles. The smallest absolute Gasteiger partial charge is 0.330 e. The summed E-state index contributed by atoms with van der Waals surface area (Å²) in [5.41, 5.74) is -5.62. The lowest BCUT2D eigenvalue weighted by Gasteiger charge is -2.67. The molecular weight excluding hydrogens is 448 g/mol. The van der Waals surface area contributed by atoms with Gasteiger partial charge in [-0.3, -0.25) is 4.79 Å². The van der Waals surface area contributed by atoms with Crippen LogP contribution in [-0.2, 0) is 14.3 Å². The van der Waals surface area contributed by atoms with Gasteiger partial charge in [-0.05, 0) is 77.0 Å². The van der Waals surface area contributed by atoms with Crippen molar-refractivity contribution in [3.63, 3.8) is 0 Å². The third-order valence-corrected chi connectivity index (χ3v) is 10.7. The lowest BCUT2D eigenvalue weighted by molar-refractivity contribution is -0.314. The molecule has 4 rings (SSSR count). The molecule has 0 heterocycles. The molecule has 196 valence electrons. The largest absolute Gasteiger partial charge is 0.458 e. The molecule has 7 nitrogen and oxygen atoms in total. The van der Waals surface area contributed by atoms with Crippen LogP contribution in [0.1, 0.15) is 86.5 Å². The monoisotopic (exact) mass is 490 g/mol. The molecule has 0 saturated heterocycles. The van der Waals surface area contributed by atoms with Gasteiger partial charge in [0, 0.05) is 12.0 Å².